The number of carbonyl (C=O) groups excluding carboxylic acids is 1. The van der Waals surface area contributed by atoms with Gasteiger partial charge in [0.2, 0.25) is 0 Å². The average molecular weight is 393 g/mol. The van der Waals surface area contributed by atoms with Gasteiger partial charge < -0.3 is 14.7 Å². The van der Waals surface area contributed by atoms with Crippen LogP contribution in [-0.2, 0) is 17.9 Å². The largest absolute Gasteiger partial charge is 0.331 e. The van der Waals surface area contributed by atoms with E-state index in [1.54, 1.807) is 4.90 Å². The molecule has 0 aromatic heterocycles. The summed E-state index contributed by atoms with van der Waals surface area (Å²) in [5.41, 5.74) is 3.16. The van der Waals surface area contributed by atoms with Crippen LogP contribution in [0.2, 0.25) is 0 Å². The van der Waals surface area contributed by atoms with Crippen molar-refractivity contribution in [2.75, 3.05) is 32.7 Å². The van der Waals surface area contributed by atoms with Gasteiger partial charge in [-0.3, -0.25) is 4.79 Å². The lowest BCUT2D eigenvalue weighted by Crippen LogP contribution is -3.28. The fraction of sp³-hybridized carbons (Fsp3) is 0.417. The molecule has 0 spiro atoms. The quantitative estimate of drug-likeness (QED) is 0.711. The zero-order chi connectivity index (χ0) is 20.6. The second-order valence-electron chi connectivity index (χ2n) is 8.26. The summed E-state index contributed by atoms with van der Waals surface area (Å²) in [6, 6.07) is 20.5. The highest BCUT2D eigenvalue weighted by atomic mass is 16.2. The molecule has 1 fully saturated rings. The second kappa shape index (κ2) is 10.2. The Labute approximate surface area is 174 Å². The third-order valence-electron chi connectivity index (χ3n) is 5.74. The topological polar surface area (TPSA) is 53.0 Å². The van der Waals surface area contributed by atoms with Crippen molar-refractivity contribution in [2.45, 2.75) is 33.0 Å². The fourth-order valence-corrected chi connectivity index (χ4v) is 3.95. The molecule has 0 bridgehead atoms. The van der Waals surface area contributed by atoms with Gasteiger partial charge in [-0.1, -0.05) is 42.5 Å². The van der Waals surface area contributed by atoms with Gasteiger partial charge in [0.15, 0.2) is 6.54 Å². The predicted molar refractivity (Wildman–Crippen MR) is 113 cm³/mol. The summed E-state index contributed by atoms with van der Waals surface area (Å²) in [6.45, 7) is 10.6. The minimum Gasteiger partial charge on any atom is -0.331 e. The molecule has 0 radical (unpaired) electrons. The van der Waals surface area contributed by atoms with Gasteiger partial charge in [0.05, 0.1) is 11.6 Å². The first-order valence-corrected chi connectivity index (χ1v) is 10.5. The van der Waals surface area contributed by atoms with E-state index < -0.39 is 0 Å². The molecule has 3 rings (SSSR count). The Bertz CT molecular complexity index is 818. The number of piperazine rings is 1. The number of carbonyl (C=O) groups is 1. The van der Waals surface area contributed by atoms with Gasteiger partial charge in [0, 0.05) is 18.2 Å². The van der Waals surface area contributed by atoms with Crippen LogP contribution in [0.15, 0.2) is 54.6 Å². The third kappa shape index (κ3) is 6.15. The lowest BCUT2D eigenvalue weighted by Gasteiger charge is -2.32. The molecule has 2 N–H and O–H groups in total. The summed E-state index contributed by atoms with van der Waals surface area (Å²) >= 11 is 0. The van der Waals surface area contributed by atoms with Crippen molar-refractivity contribution in [1.29, 1.82) is 5.26 Å². The van der Waals surface area contributed by atoms with Crippen LogP contribution >= 0.6 is 0 Å². The number of quaternary nitrogens is 2. The molecule has 5 heteroatoms. The molecule has 0 saturated carbocycles. The molecule has 1 saturated heterocycles. The maximum atomic E-state index is 13.0. The van der Waals surface area contributed by atoms with Gasteiger partial charge >= 0.3 is 0 Å². The van der Waals surface area contributed by atoms with E-state index in [0.717, 1.165) is 32.7 Å². The highest BCUT2D eigenvalue weighted by Gasteiger charge is 2.27. The minimum absolute atomic E-state index is 0.199. The zero-order valence-corrected chi connectivity index (χ0v) is 17.5. The highest BCUT2D eigenvalue weighted by Crippen LogP contribution is 2.08. The second-order valence-corrected chi connectivity index (χ2v) is 8.26. The number of rotatable bonds is 7. The normalized spacial score (nSPS) is 19.0. The molecule has 1 aliphatic rings. The van der Waals surface area contributed by atoms with Crippen molar-refractivity contribution < 1.29 is 14.6 Å². The molecule has 152 valence electrons. The van der Waals surface area contributed by atoms with Crippen LogP contribution in [0.25, 0.3) is 0 Å². The number of nitrogens with zero attached hydrogens (tertiary/aromatic N) is 2. The van der Waals surface area contributed by atoms with Gasteiger partial charge in [0.1, 0.15) is 32.7 Å². The van der Waals surface area contributed by atoms with E-state index in [1.165, 1.54) is 16.0 Å². The van der Waals surface area contributed by atoms with Gasteiger partial charge in [-0.05, 0) is 31.5 Å². The van der Waals surface area contributed by atoms with Crippen LogP contribution in [0.1, 0.15) is 30.5 Å². The number of hydrogen-bond donors (Lipinski definition) is 2. The van der Waals surface area contributed by atoms with E-state index in [2.05, 4.69) is 44.2 Å². The minimum atomic E-state index is 0.199. The molecule has 5 nitrogen and oxygen atoms in total. The summed E-state index contributed by atoms with van der Waals surface area (Å²) in [5.74, 6) is 0.245. The van der Waals surface area contributed by atoms with Crippen LogP contribution in [0, 0.1) is 11.3 Å². The van der Waals surface area contributed by atoms with E-state index in [4.69, 9.17) is 5.26 Å². The summed E-state index contributed by atoms with van der Waals surface area (Å²) in [5, 5.41) is 8.92. The van der Waals surface area contributed by atoms with E-state index in [-0.39, 0.29) is 11.9 Å². The van der Waals surface area contributed by atoms with Gasteiger partial charge in [-0.2, -0.15) is 5.26 Å². The van der Waals surface area contributed by atoms with Crippen LogP contribution < -0.4 is 9.80 Å². The Morgan fingerprint density at radius 1 is 0.966 bits per heavy atom. The lowest BCUT2D eigenvalue weighted by atomic mass is 10.1. The first kappa shape index (κ1) is 21.0. The monoisotopic (exact) mass is 392 g/mol. The fourth-order valence-electron chi connectivity index (χ4n) is 3.95. The number of amides is 1. The molecular formula is C24H32N4O+2. The Morgan fingerprint density at radius 2 is 1.59 bits per heavy atom. The summed E-state index contributed by atoms with van der Waals surface area (Å²) < 4.78 is 0. The Morgan fingerprint density at radius 3 is 2.17 bits per heavy atom. The van der Waals surface area contributed by atoms with Crippen LogP contribution in [0.3, 0.4) is 0 Å². The molecule has 0 aliphatic carbocycles. The number of nitriles is 1. The van der Waals surface area contributed by atoms with Crippen molar-refractivity contribution in [3.63, 3.8) is 0 Å². The standard InChI is InChI=1S/C24H30N4O/c1-20(2)28(18-22-6-4-3-5-7-22)24(29)19-27-14-12-26(13-15-27)17-23-10-8-21(16-25)9-11-23/h3-11,20H,12-15,17-19H2,1-2H3/p+2. The third-order valence-corrected chi connectivity index (χ3v) is 5.74. The first-order chi connectivity index (χ1) is 14.0. The van der Waals surface area contributed by atoms with Crippen molar-refractivity contribution in [3.05, 3.63) is 71.3 Å². The predicted octanol–water partition coefficient (Wildman–Crippen LogP) is 0.279. The number of nitrogens with one attached hydrogen (secondary N) is 2. The van der Waals surface area contributed by atoms with E-state index in [1.807, 2.05) is 35.2 Å². The van der Waals surface area contributed by atoms with Gasteiger partial charge in [-0.15, -0.1) is 0 Å². The molecule has 2 aromatic carbocycles. The van der Waals surface area contributed by atoms with Crippen LogP contribution in [-0.4, -0.2) is 49.6 Å². The molecule has 2 aromatic rings. The Balaban J connectivity index is 1.48. The molecule has 1 heterocycles. The molecule has 0 unspecified atom stereocenters. The maximum Gasteiger partial charge on any atom is 0.278 e. The summed E-state index contributed by atoms with van der Waals surface area (Å²) in [6.07, 6.45) is 0. The van der Waals surface area contributed by atoms with Crippen molar-refractivity contribution in [3.8, 4) is 6.07 Å². The highest BCUT2D eigenvalue weighted by molar-refractivity contribution is 5.77. The zero-order valence-electron chi connectivity index (χ0n) is 17.5. The maximum absolute atomic E-state index is 13.0. The van der Waals surface area contributed by atoms with Crippen LogP contribution in [0.5, 0.6) is 0 Å². The summed E-state index contributed by atoms with van der Waals surface area (Å²) in [4.78, 5) is 17.9. The molecule has 0 atom stereocenters. The van der Waals surface area contributed by atoms with E-state index in [0.29, 0.717) is 18.7 Å². The molecule has 1 aliphatic heterocycles. The van der Waals surface area contributed by atoms with Crippen molar-refractivity contribution in [1.82, 2.24) is 4.90 Å². The number of hydrogen-bond acceptors (Lipinski definition) is 2. The van der Waals surface area contributed by atoms with Gasteiger partial charge in [0.25, 0.3) is 5.91 Å². The molecule has 1 amide bonds. The SMILES string of the molecule is CC(C)N(Cc1ccccc1)C(=O)C[NH+]1CC[NH+](Cc2ccc(C#N)cc2)CC1. The first-order valence-electron chi connectivity index (χ1n) is 10.5. The van der Waals surface area contributed by atoms with Crippen LogP contribution in [0.4, 0.5) is 0 Å². The number of benzene rings is 2. The van der Waals surface area contributed by atoms with Crippen molar-refractivity contribution >= 4 is 5.91 Å². The smallest absolute Gasteiger partial charge is 0.278 e. The lowest BCUT2D eigenvalue weighted by molar-refractivity contribution is -1.02. The van der Waals surface area contributed by atoms with E-state index >= 15 is 0 Å². The van der Waals surface area contributed by atoms with Crippen molar-refractivity contribution in [2.24, 2.45) is 0 Å². The Hall–Kier alpha value is -2.68. The van der Waals surface area contributed by atoms with Gasteiger partial charge in [-0.25, -0.2) is 0 Å². The summed E-state index contributed by atoms with van der Waals surface area (Å²) in [7, 11) is 0. The Kier molecular flexibility index (Phi) is 7.40. The van der Waals surface area contributed by atoms with E-state index in [9.17, 15) is 4.79 Å². The molecular weight excluding hydrogens is 360 g/mol. The molecule has 29 heavy (non-hydrogen) atoms. The average Bonchev–Trinajstić information content (AvgIpc) is 2.74.